The average molecular weight is 226 g/mol. The van der Waals surface area contributed by atoms with E-state index in [-0.39, 0.29) is 11.9 Å². The van der Waals surface area contributed by atoms with Gasteiger partial charge in [0, 0.05) is 12.6 Å². The van der Waals surface area contributed by atoms with E-state index in [2.05, 4.69) is 24.5 Å². The molecule has 0 aliphatic heterocycles. The number of hydrogen-bond donors (Lipinski definition) is 2. The molecule has 3 nitrogen and oxygen atoms in total. The Morgan fingerprint density at radius 1 is 1.25 bits per heavy atom. The van der Waals surface area contributed by atoms with Gasteiger partial charge in [0.25, 0.3) is 0 Å². The third-order valence-electron chi connectivity index (χ3n) is 3.41. The van der Waals surface area contributed by atoms with E-state index in [1.165, 1.54) is 19.3 Å². The molecule has 1 fully saturated rings. The fraction of sp³-hybridized carbons (Fsp3) is 0.923. The van der Waals surface area contributed by atoms with Gasteiger partial charge in [-0.3, -0.25) is 4.79 Å². The molecule has 0 bridgehead atoms. The average Bonchev–Trinajstić information content (AvgIpc) is 2.16. The molecule has 1 aliphatic rings. The van der Waals surface area contributed by atoms with Crippen LogP contribution in [0.4, 0.5) is 0 Å². The number of likely N-dealkylation sites (N-methyl/N-ethyl adjacent to an activating group) is 1. The first-order valence-corrected chi connectivity index (χ1v) is 6.56. The molecule has 0 radical (unpaired) electrons. The SMILES string of the molecule is CCNC(=O)C(C)NC1CC(C)CC(C)C1. The van der Waals surface area contributed by atoms with Crippen LogP contribution >= 0.6 is 0 Å². The summed E-state index contributed by atoms with van der Waals surface area (Å²) in [5, 5.41) is 6.31. The Bertz CT molecular complexity index is 220. The van der Waals surface area contributed by atoms with Crippen molar-refractivity contribution in [2.75, 3.05) is 6.54 Å². The van der Waals surface area contributed by atoms with Gasteiger partial charge in [0.15, 0.2) is 0 Å². The van der Waals surface area contributed by atoms with Gasteiger partial charge in [-0.05, 0) is 44.9 Å². The lowest BCUT2D eigenvalue weighted by atomic mass is 9.80. The zero-order valence-corrected chi connectivity index (χ0v) is 11.0. The van der Waals surface area contributed by atoms with Crippen molar-refractivity contribution in [3.05, 3.63) is 0 Å². The Kier molecular flexibility index (Phi) is 5.26. The van der Waals surface area contributed by atoms with Crippen LogP contribution in [0.25, 0.3) is 0 Å². The predicted molar refractivity (Wildman–Crippen MR) is 67.2 cm³/mol. The van der Waals surface area contributed by atoms with E-state index in [9.17, 15) is 4.79 Å². The standard InChI is InChI=1S/C13H26N2O/c1-5-14-13(16)11(4)15-12-7-9(2)6-10(3)8-12/h9-12,15H,5-8H2,1-4H3,(H,14,16). The molecule has 16 heavy (non-hydrogen) atoms. The Morgan fingerprint density at radius 3 is 2.31 bits per heavy atom. The lowest BCUT2D eigenvalue weighted by molar-refractivity contribution is -0.122. The van der Waals surface area contributed by atoms with Crippen molar-refractivity contribution in [2.45, 2.75) is 59.0 Å². The fourth-order valence-corrected chi connectivity index (χ4v) is 2.84. The van der Waals surface area contributed by atoms with Gasteiger partial charge in [0.1, 0.15) is 0 Å². The van der Waals surface area contributed by atoms with E-state index in [0.29, 0.717) is 12.6 Å². The largest absolute Gasteiger partial charge is 0.355 e. The van der Waals surface area contributed by atoms with E-state index in [1.807, 2.05) is 13.8 Å². The van der Waals surface area contributed by atoms with Crippen LogP contribution in [-0.2, 0) is 4.79 Å². The number of rotatable bonds is 4. The molecule has 0 aromatic carbocycles. The maximum Gasteiger partial charge on any atom is 0.236 e. The molecule has 1 saturated carbocycles. The van der Waals surface area contributed by atoms with Gasteiger partial charge in [-0.25, -0.2) is 0 Å². The summed E-state index contributed by atoms with van der Waals surface area (Å²) in [5.41, 5.74) is 0. The van der Waals surface area contributed by atoms with Gasteiger partial charge >= 0.3 is 0 Å². The highest BCUT2D eigenvalue weighted by Crippen LogP contribution is 2.28. The topological polar surface area (TPSA) is 41.1 Å². The first-order chi connectivity index (χ1) is 7.52. The molecule has 3 heteroatoms. The summed E-state index contributed by atoms with van der Waals surface area (Å²) in [6, 6.07) is 0.443. The van der Waals surface area contributed by atoms with Crippen LogP contribution in [0.15, 0.2) is 0 Å². The number of amides is 1. The minimum atomic E-state index is -0.0672. The number of hydrogen-bond acceptors (Lipinski definition) is 2. The molecule has 94 valence electrons. The predicted octanol–water partition coefficient (Wildman–Crippen LogP) is 1.93. The molecule has 0 saturated heterocycles. The zero-order valence-electron chi connectivity index (χ0n) is 11.0. The molecular weight excluding hydrogens is 200 g/mol. The van der Waals surface area contributed by atoms with Crippen LogP contribution in [0.1, 0.15) is 47.0 Å². The van der Waals surface area contributed by atoms with Crippen molar-refractivity contribution in [1.29, 1.82) is 0 Å². The van der Waals surface area contributed by atoms with Gasteiger partial charge in [-0.15, -0.1) is 0 Å². The summed E-state index contributed by atoms with van der Waals surface area (Å²) in [6.45, 7) is 9.23. The Labute approximate surface area is 99.4 Å². The maximum atomic E-state index is 11.6. The van der Waals surface area contributed by atoms with Crippen LogP contribution in [-0.4, -0.2) is 24.5 Å². The summed E-state index contributed by atoms with van der Waals surface area (Å²) >= 11 is 0. The van der Waals surface area contributed by atoms with Gasteiger partial charge in [-0.1, -0.05) is 13.8 Å². The maximum absolute atomic E-state index is 11.6. The van der Waals surface area contributed by atoms with Crippen LogP contribution < -0.4 is 10.6 Å². The highest BCUT2D eigenvalue weighted by Gasteiger charge is 2.26. The normalized spacial score (nSPS) is 32.1. The number of carbonyl (C=O) groups excluding carboxylic acids is 1. The molecule has 3 atom stereocenters. The van der Waals surface area contributed by atoms with Crippen molar-refractivity contribution in [1.82, 2.24) is 10.6 Å². The van der Waals surface area contributed by atoms with Gasteiger partial charge in [0.2, 0.25) is 5.91 Å². The van der Waals surface area contributed by atoms with Crippen LogP contribution in [0, 0.1) is 11.8 Å². The lowest BCUT2D eigenvalue weighted by Crippen LogP contribution is -2.48. The molecular formula is C13H26N2O. The second kappa shape index (κ2) is 6.24. The van der Waals surface area contributed by atoms with E-state index < -0.39 is 0 Å². The molecule has 1 amide bonds. The van der Waals surface area contributed by atoms with Crippen molar-refractivity contribution < 1.29 is 4.79 Å². The Balaban J connectivity index is 2.38. The van der Waals surface area contributed by atoms with Crippen molar-refractivity contribution in [3.8, 4) is 0 Å². The summed E-state index contributed by atoms with van der Waals surface area (Å²) < 4.78 is 0. The number of carbonyl (C=O) groups is 1. The fourth-order valence-electron chi connectivity index (χ4n) is 2.84. The summed E-state index contributed by atoms with van der Waals surface area (Å²) in [4.78, 5) is 11.6. The van der Waals surface area contributed by atoms with Crippen LogP contribution in [0.5, 0.6) is 0 Å². The lowest BCUT2D eigenvalue weighted by Gasteiger charge is -2.33. The Hall–Kier alpha value is -0.570. The highest BCUT2D eigenvalue weighted by atomic mass is 16.2. The molecule has 3 unspecified atom stereocenters. The van der Waals surface area contributed by atoms with Crippen molar-refractivity contribution in [2.24, 2.45) is 11.8 Å². The molecule has 0 spiro atoms. The molecule has 0 aromatic rings. The van der Waals surface area contributed by atoms with E-state index >= 15 is 0 Å². The van der Waals surface area contributed by atoms with Gasteiger partial charge in [0.05, 0.1) is 6.04 Å². The Morgan fingerprint density at radius 2 is 1.81 bits per heavy atom. The minimum absolute atomic E-state index is 0.0672. The third kappa shape index (κ3) is 4.12. The summed E-state index contributed by atoms with van der Waals surface area (Å²) in [6.07, 6.45) is 3.73. The smallest absolute Gasteiger partial charge is 0.236 e. The first-order valence-electron chi connectivity index (χ1n) is 6.56. The minimum Gasteiger partial charge on any atom is -0.355 e. The van der Waals surface area contributed by atoms with Crippen LogP contribution in [0.2, 0.25) is 0 Å². The van der Waals surface area contributed by atoms with Crippen LogP contribution in [0.3, 0.4) is 0 Å². The van der Waals surface area contributed by atoms with E-state index in [4.69, 9.17) is 0 Å². The summed E-state index contributed by atoms with van der Waals surface area (Å²) in [7, 11) is 0. The second-order valence-electron chi connectivity index (χ2n) is 5.40. The highest BCUT2D eigenvalue weighted by molar-refractivity contribution is 5.81. The molecule has 2 N–H and O–H groups in total. The second-order valence-corrected chi connectivity index (χ2v) is 5.40. The number of nitrogens with one attached hydrogen (secondary N) is 2. The quantitative estimate of drug-likeness (QED) is 0.769. The third-order valence-corrected chi connectivity index (χ3v) is 3.41. The van der Waals surface area contributed by atoms with E-state index in [1.54, 1.807) is 0 Å². The zero-order chi connectivity index (χ0) is 12.1. The molecule has 1 rings (SSSR count). The molecule has 0 aromatic heterocycles. The van der Waals surface area contributed by atoms with Gasteiger partial charge < -0.3 is 10.6 Å². The van der Waals surface area contributed by atoms with E-state index in [0.717, 1.165) is 11.8 Å². The van der Waals surface area contributed by atoms with Crippen molar-refractivity contribution in [3.63, 3.8) is 0 Å². The molecule has 0 heterocycles. The molecule has 1 aliphatic carbocycles. The monoisotopic (exact) mass is 226 g/mol. The van der Waals surface area contributed by atoms with Gasteiger partial charge in [-0.2, -0.15) is 0 Å². The summed E-state index contributed by atoms with van der Waals surface area (Å²) in [5.74, 6) is 1.68. The first kappa shape index (κ1) is 13.5. The van der Waals surface area contributed by atoms with Crippen molar-refractivity contribution >= 4 is 5.91 Å².